The van der Waals surface area contributed by atoms with Crippen molar-refractivity contribution >= 4 is 18.2 Å². The zero-order valence-electron chi connectivity index (χ0n) is 12.6. The molecule has 1 atom stereocenters. The summed E-state index contributed by atoms with van der Waals surface area (Å²) >= 11 is 0.450. The summed E-state index contributed by atoms with van der Waals surface area (Å²) in [5.41, 5.74) is 1.43. The summed E-state index contributed by atoms with van der Waals surface area (Å²) in [6.45, 7) is -2.31. The highest BCUT2D eigenvalue weighted by molar-refractivity contribution is 8.54. The van der Waals surface area contributed by atoms with Crippen LogP contribution in [0.4, 0.5) is 0 Å². The maximum atomic E-state index is 11.3. The van der Waals surface area contributed by atoms with Crippen LogP contribution in [-0.4, -0.2) is 20.0 Å². The lowest BCUT2D eigenvalue weighted by Gasteiger charge is -2.19. The van der Waals surface area contributed by atoms with E-state index in [4.69, 9.17) is 0 Å². The van der Waals surface area contributed by atoms with Crippen molar-refractivity contribution in [3.63, 3.8) is 0 Å². The van der Waals surface area contributed by atoms with Gasteiger partial charge in [-0.15, -0.1) is 0 Å². The van der Waals surface area contributed by atoms with Crippen molar-refractivity contribution in [2.75, 3.05) is 0 Å². The molecule has 124 valence electrons. The number of benzene rings is 2. The van der Waals surface area contributed by atoms with E-state index in [9.17, 15) is 24.6 Å². The van der Waals surface area contributed by atoms with E-state index in [1.54, 1.807) is 30.3 Å². The minimum absolute atomic E-state index is 0.0158. The first-order valence-electron chi connectivity index (χ1n) is 7.15. The van der Waals surface area contributed by atoms with E-state index in [-0.39, 0.29) is 17.4 Å². The molecule has 0 heterocycles. The molecule has 2 aromatic rings. The van der Waals surface area contributed by atoms with Crippen molar-refractivity contribution in [3.8, 4) is 11.5 Å². The predicted octanol–water partition coefficient (Wildman–Crippen LogP) is 4.02. The van der Waals surface area contributed by atoms with Gasteiger partial charge in [-0.2, -0.15) is 0 Å². The second-order valence-corrected chi connectivity index (χ2v) is 8.82. The lowest BCUT2D eigenvalue weighted by atomic mass is 9.89. The average molecular weight is 354 g/mol. The van der Waals surface area contributed by atoms with Gasteiger partial charge >= 0.3 is 6.80 Å². The molecule has 0 aliphatic heterocycles. The van der Waals surface area contributed by atoms with Gasteiger partial charge in [0.2, 0.25) is 0 Å². The fourth-order valence-electron chi connectivity index (χ4n) is 2.50. The lowest BCUT2D eigenvalue weighted by molar-refractivity contribution is 0.397. The molecule has 0 saturated heterocycles. The second-order valence-electron chi connectivity index (χ2n) is 5.24. The number of phenolic OH excluding ortho intramolecular Hbond substituents is 2. The highest BCUT2D eigenvalue weighted by atomic mass is 32.7. The molecule has 0 radical (unpaired) electrons. The first-order chi connectivity index (χ1) is 10.8. The molecule has 5 nitrogen and oxygen atoms in total. The molecule has 2 rings (SSSR count). The van der Waals surface area contributed by atoms with Crippen LogP contribution in [0, 0.1) is 0 Å². The molecule has 0 aromatic heterocycles. The molecule has 0 saturated carbocycles. The third kappa shape index (κ3) is 5.01. The van der Waals surface area contributed by atoms with E-state index < -0.39 is 6.80 Å². The quantitative estimate of drug-likeness (QED) is 0.585. The summed E-state index contributed by atoms with van der Waals surface area (Å²) < 4.78 is 11.3. The number of hydrogen-bond donors (Lipinski definition) is 4. The van der Waals surface area contributed by atoms with E-state index in [1.165, 1.54) is 6.07 Å². The molecule has 0 fully saturated rings. The van der Waals surface area contributed by atoms with Crippen molar-refractivity contribution < 1.29 is 24.6 Å². The Morgan fingerprint density at radius 2 is 1.83 bits per heavy atom. The largest absolute Gasteiger partial charge is 0.508 e. The Balaban J connectivity index is 2.35. The highest BCUT2D eigenvalue weighted by Gasteiger charge is 2.22. The van der Waals surface area contributed by atoms with Gasteiger partial charge in [-0.3, -0.25) is 0 Å². The Bertz CT molecular complexity index is 728. The van der Waals surface area contributed by atoms with Crippen molar-refractivity contribution in [1.82, 2.24) is 0 Å². The SMILES string of the molecule is CCC(Cc1c(O)cccc1SP(=O)(O)O)c1cccc(O)c1. The topological polar surface area (TPSA) is 98.0 Å². The molecular weight excluding hydrogens is 335 g/mol. The summed E-state index contributed by atoms with van der Waals surface area (Å²) in [4.78, 5) is 18.8. The van der Waals surface area contributed by atoms with Crippen molar-refractivity contribution in [2.45, 2.75) is 30.6 Å². The molecule has 23 heavy (non-hydrogen) atoms. The first-order valence-corrected chi connectivity index (χ1v) is 10.2. The third-order valence-corrected chi connectivity index (χ3v) is 5.73. The Morgan fingerprint density at radius 1 is 1.13 bits per heavy atom. The molecule has 0 spiro atoms. The monoisotopic (exact) mass is 354 g/mol. The molecule has 2 aromatic carbocycles. The van der Waals surface area contributed by atoms with Gasteiger partial charge in [-0.1, -0.05) is 25.1 Å². The molecule has 4 N–H and O–H groups in total. The Labute approximate surface area is 138 Å². The van der Waals surface area contributed by atoms with Crippen LogP contribution in [0.15, 0.2) is 47.4 Å². The van der Waals surface area contributed by atoms with E-state index in [2.05, 4.69) is 0 Å². The van der Waals surface area contributed by atoms with Crippen LogP contribution in [-0.2, 0) is 11.0 Å². The van der Waals surface area contributed by atoms with Crippen molar-refractivity contribution in [3.05, 3.63) is 53.6 Å². The fourth-order valence-corrected chi connectivity index (χ4v) is 4.47. The van der Waals surface area contributed by atoms with Gasteiger partial charge in [0.25, 0.3) is 0 Å². The molecule has 0 bridgehead atoms. The molecule has 0 aliphatic carbocycles. The Hall–Kier alpha value is -1.46. The van der Waals surface area contributed by atoms with Gasteiger partial charge < -0.3 is 20.0 Å². The first kappa shape index (κ1) is 17.9. The maximum Gasteiger partial charge on any atom is 0.388 e. The molecular formula is C16H19O5PS. The fraction of sp³-hybridized carbons (Fsp3) is 0.250. The van der Waals surface area contributed by atoms with Gasteiger partial charge in [0.05, 0.1) is 0 Å². The summed E-state index contributed by atoms with van der Waals surface area (Å²) in [6, 6.07) is 11.6. The summed E-state index contributed by atoms with van der Waals surface area (Å²) in [5.74, 6) is 0.205. The van der Waals surface area contributed by atoms with Crippen LogP contribution in [0.25, 0.3) is 0 Å². The average Bonchev–Trinajstić information content (AvgIpc) is 2.45. The maximum absolute atomic E-state index is 11.3. The second kappa shape index (κ2) is 7.41. The minimum atomic E-state index is -4.30. The van der Waals surface area contributed by atoms with Gasteiger partial charge in [-0.25, -0.2) is 4.57 Å². The predicted molar refractivity (Wildman–Crippen MR) is 90.9 cm³/mol. The van der Waals surface area contributed by atoms with Gasteiger partial charge in [0, 0.05) is 10.5 Å². The van der Waals surface area contributed by atoms with Crippen LogP contribution in [0.1, 0.15) is 30.4 Å². The zero-order valence-corrected chi connectivity index (χ0v) is 14.3. The van der Waals surface area contributed by atoms with Crippen molar-refractivity contribution in [1.29, 1.82) is 0 Å². The zero-order chi connectivity index (χ0) is 17.0. The molecule has 0 aliphatic rings. The summed E-state index contributed by atoms with van der Waals surface area (Å²) in [6.07, 6.45) is 1.19. The summed E-state index contributed by atoms with van der Waals surface area (Å²) in [5, 5.41) is 19.7. The van der Waals surface area contributed by atoms with E-state index in [1.807, 2.05) is 13.0 Å². The third-order valence-electron chi connectivity index (χ3n) is 3.61. The number of aromatic hydroxyl groups is 2. The number of hydrogen-bond acceptors (Lipinski definition) is 4. The van der Waals surface area contributed by atoms with Crippen LogP contribution in [0.5, 0.6) is 11.5 Å². The number of rotatable bonds is 6. The Kier molecular flexibility index (Phi) is 5.76. The van der Waals surface area contributed by atoms with E-state index in [0.717, 1.165) is 12.0 Å². The highest BCUT2D eigenvalue weighted by Crippen LogP contribution is 2.56. The van der Waals surface area contributed by atoms with Crippen LogP contribution >= 0.6 is 18.2 Å². The van der Waals surface area contributed by atoms with E-state index in [0.29, 0.717) is 28.3 Å². The Morgan fingerprint density at radius 3 is 2.43 bits per heavy atom. The minimum Gasteiger partial charge on any atom is -0.508 e. The van der Waals surface area contributed by atoms with Gasteiger partial charge in [0.15, 0.2) is 0 Å². The summed E-state index contributed by atoms with van der Waals surface area (Å²) in [7, 11) is 0. The molecule has 7 heteroatoms. The molecule has 1 unspecified atom stereocenters. The lowest BCUT2D eigenvalue weighted by Crippen LogP contribution is -2.03. The molecule has 0 amide bonds. The normalized spacial score (nSPS) is 13.0. The van der Waals surface area contributed by atoms with Crippen LogP contribution in [0.3, 0.4) is 0 Å². The van der Waals surface area contributed by atoms with Gasteiger partial charge in [0.1, 0.15) is 11.5 Å². The van der Waals surface area contributed by atoms with E-state index >= 15 is 0 Å². The standard InChI is InChI=1S/C16H19O5PS/c1-2-11(12-5-3-6-13(17)9-12)10-14-15(18)7-4-8-16(14)23-22(19,20)21/h3-9,11,17-18H,2,10H2,1H3,(H2,19,20,21). The van der Waals surface area contributed by atoms with Crippen LogP contribution < -0.4 is 0 Å². The van der Waals surface area contributed by atoms with Crippen molar-refractivity contribution in [2.24, 2.45) is 0 Å². The smallest absolute Gasteiger partial charge is 0.388 e. The van der Waals surface area contributed by atoms with Crippen LogP contribution in [0.2, 0.25) is 0 Å². The van der Waals surface area contributed by atoms with Gasteiger partial charge in [-0.05, 0) is 60.0 Å². The number of phenols is 2.